The van der Waals surface area contributed by atoms with Crippen molar-refractivity contribution in [2.24, 2.45) is 0 Å². The second-order valence-corrected chi connectivity index (χ2v) is 6.63. The normalized spacial score (nSPS) is 10.9. The molecule has 0 saturated heterocycles. The molecule has 0 N–H and O–H groups in total. The van der Waals surface area contributed by atoms with Crippen molar-refractivity contribution in [3.05, 3.63) is 69.7 Å². The minimum Gasteiger partial charge on any atom is -0.333 e. The summed E-state index contributed by atoms with van der Waals surface area (Å²) >= 11 is 3.30. The molecular formula is C18H19BrF2N2O. The maximum atomic E-state index is 13.5. The van der Waals surface area contributed by atoms with Crippen molar-refractivity contribution in [3.8, 4) is 0 Å². The van der Waals surface area contributed by atoms with Crippen LogP contribution in [0, 0.1) is 11.6 Å². The van der Waals surface area contributed by atoms with Crippen LogP contribution in [0.3, 0.4) is 0 Å². The number of amides is 1. The third-order valence-electron chi connectivity index (χ3n) is 3.55. The van der Waals surface area contributed by atoms with Crippen LogP contribution < -0.4 is 0 Å². The zero-order valence-corrected chi connectivity index (χ0v) is 15.2. The average Bonchev–Trinajstić information content (AvgIpc) is 2.54. The lowest BCUT2D eigenvalue weighted by Crippen LogP contribution is -2.36. The van der Waals surface area contributed by atoms with E-state index in [9.17, 15) is 13.6 Å². The largest absolute Gasteiger partial charge is 0.333 e. The zero-order valence-electron chi connectivity index (χ0n) is 13.6. The van der Waals surface area contributed by atoms with Crippen molar-refractivity contribution in [1.29, 1.82) is 0 Å². The molecule has 0 aromatic heterocycles. The molecule has 0 aliphatic heterocycles. The van der Waals surface area contributed by atoms with Crippen LogP contribution in [0.5, 0.6) is 0 Å². The minimum atomic E-state index is -0.462. The number of halogens is 3. The fraction of sp³-hybridized carbons (Fsp3) is 0.278. The number of hydrogen-bond acceptors (Lipinski definition) is 2. The topological polar surface area (TPSA) is 23.6 Å². The molecule has 0 atom stereocenters. The number of nitrogens with zero attached hydrogens (tertiary/aromatic N) is 2. The summed E-state index contributed by atoms with van der Waals surface area (Å²) in [5.41, 5.74) is 1.09. The van der Waals surface area contributed by atoms with Crippen LogP contribution in [0.1, 0.15) is 15.9 Å². The number of benzene rings is 2. The Labute approximate surface area is 149 Å². The SMILES string of the molecule is CN(C)CCN(Cc1ccc(F)cc1)C(=O)c1cc(F)ccc1Br. The molecule has 0 aliphatic rings. The Morgan fingerprint density at radius 2 is 1.62 bits per heavy atom. The van der Waals surface area contributed by atoms with Gasteiger partial charge in [-0.25, -0.2) is 8.78 Å². The predicted molar refractivity (Wildman–Crippen MR) is 93.8 cm³/mol. The summed E-state index contributed by atoms with van der Waals surface area (Å²) in [5.74, 6) is -1.05. The van der Waals surface area contributed by atoms with Gasteiger partial charge in [-0.3, -0.25) is 4.79 Å². The summed E-state index contributed by atoms with van der Waals surface area (Å²) < 4.78 is 27.1. The monoisotopic (exact) mass is 396 g/mol. The van der Waals surface area contributed by atoms with Gasteiger partial charge in [-0.2, -0.15) is 0 Å². The van der Waals surface area contributed by atoms with E-state index in [1.165, 1.54) is 30.3 Å². The lowest BCUT2D eigenvalue weighted by atomic mass is 10.1. The highest BCUT2D eigenvalue weighted by atomic mass is 79.9. The number of rotatable bonds is 6. The first kappa shape index (κ1) is 18.5. The van der Waals surface area contributed by atoms with Gasteiger partial charge in [0.05, 0.1) is 5.56 Å². The maximum Gasteiger partial charge on any atom is 0.255 e. The molecule has 6 heteroatoms. The molecule has 0 heterocycles. The molecule has 0 saturated carbocycles. The summed E-state index contributed by atoms with van der Waals surface area (Å²) in [4.78, 5) is 16.4. The minimum absolute atomic E-state index is 0.271. The molecule has 3 nitrogen and oxygen atoms in total. The molecule has 0 bridgehead atoms. The fourth-order valence-corrected chi connectivity index (χ4v) is 2.63. The lowest BCUT2D eigenvalue weighted by Gasteiger charge is -2.25. The first-order valence-corrected chi connectivity index (χ1v) is 8.29. The highest BCUT2D eigenvalue weighted by molar-refractivity contribution is 9.10. The summed E-state index contributed by atoms with van der Waals surface area (Å²) in [6, 6.07) is 10.1. The van der Waals surface area contributed by atoms with Gasteiger partial charge in [0.1, 0.15) is 11.6 Å². The van der Waals surface area contributed by atoms with Crippen molar-refractivity contribution in [1.82, 2.24) is 9.80 Å². The lowest BCUT2D eigenvalue weighted by molar-refractivity contribution is 0.0730. The third-order valence-corrected chi connectivity index (χ3v) is 4.24. The van der Waals surface area contributed by atoms with Gasteiger partial charge in [-0.05, 0) is 65.9 Å². The molecule has 0 unspecified atom stereocenters. The van der Waals surface area contributed by atoms with Gasteiger partial charge < -0.3 is 9.80 Å². The zero-order chi connectivity index (χ0) is 17.7. The highest BCUT2D eigenvalue weighted by Gasteiger charge is 2.19. The molecule has 24 heavy (non-hydrogen) atoms. The Hall–Kier alpha value is -1.79. The Kier molecular flexibility index (Phi) is 6.45. The second kappa shape index (κ2) is 8.35. The van der Waals surface area contributed by atoms with Crippen LogP contribution in [0.2, 0.25) is 0 Å². The molecule has 2 rings (SSSR count). The molecule has 1 amide bonds. The van der Waals surface area contributed by atoms with Gasteiger partial charge in [0.15, 0.2) is 0 Å². The summed E-state index contributed by atoms with van der Waals surface area (Å²) in [7, 11) is 3.83. The molecule has 2 aromatic carbocycles. The number of carbonyl (C=O) groups is 1. The van der Waals surface area contributed by atoms with Crippen molar-refractivity contribution >= 4 is 21.8 Å². The van der Waals surface area contributed by atoms with Gasteiger partial charge in [-0.1, -0.05) is 12.1 Å². The molecule has 0 spiro atoms. The van der Waals surface area contributed by atoms with E-state index in [1.54, 1.807) is 17.0 Å². The average molecular weight is 397 g/mol. The van der Waals surface area contributed by atoms with E-state index in [4.69, 9.17) is 0 Å². The maximum absolute atomic E-state index is 13.5. The van der Waals surface area contributed by atoms with Gasteiger partial charge in [0, 0.05) is 24.1 Å². The van der Waals surface area contributed by atoms with Crippen LogP contribution in [0.4, 0.5) is 8.78 Å². The first-order valence-electron chi connectivity index (χ1n) is 7.50. The smallest absolute Gasteiger partial charge is 0.255 e. The standard InChI is InChI=1S/C18H19BrF2N2O/c1-22(2)9-10-23(12-13-3-5-14(20)6-4-13)18(24)16-11-15(21)7-8-17(16)19/h3-8,11H,9-10,12H2,1-2H3. The van der Waals surface area contributed by atoms with Gasteiger partial charge in [0.25, 0.3) is 5.91 Å². The highest BCUT2D eigenvalue weighted by Crippen LogP contribution is 2.21. The van der Waals surface area contributed by atoms with Crippen LogP contribution in [-0.4, -0.2) is 42.9 Å². The van der Waals surface area contributed by atoms with E-state index in [-0.39, 0.29) is 17.3 Å². The van der Waals surface area contributed by atoms with Crippen LogP contribution in [-0.2, 0) is 6.54 Å². The van der Waals surface area contributed by atoms with Crippen molar-refractivity contribution in [2.45, 2.75) is 6.54 Å². The molecular weight excluding hydrogens is 378 g/mol. The molecule has 0 fully saturated rings. The first-order chi connectivity index (χ1) is 11.4. The van der Waals surface area contributed by atoms with Gasteiger partial charge >= 0.3 is 0 Å². The Balaban J connectivity index is 2.25. The molecule has 128 valence electrons. The molecule has 0 aliphatic carbocycles. The van der Waals surface area contributed by atoms with E-state index < -0.39 is 5.82 Å². The van der Waals surface area contributed by atoms with E-state index in [2.05, 4.69) is 15.9 Å². The summed E-state index contributed by atoms with van der Waals surface area (Å²) in [5, 5.41) is 0. The summed E-state index contributed by atoms with van der Waals surface area (Å²) in [6.07, 6.45) is 0. The number of carbonyl (C=O) groups excluding carboxylic acids is 1. The van der Waals surface area contributed by atoms with E-state index in [0.29, 0.717) is 24.1 Å². The van der Waals surface area contributed by atoms with Crippen molar-refractivity contribution in [3.63, 3.8) is 0 Å². The Morgan fingerprint density at radius 3 is 2.25 bits per heavy atom. The molecule has 0 radical (unpaired) electrons. The predicted octanol–water partition coefficient (Wildman–Crippen LogP) is 3.93. The van der Waals surface area contributed by atoms with Crippen LogP contribution in [0.15, 0.2) is 46.9 Å². The molecule has 2 aromatic rings. The number of hydrogen-bond donors (Lipinski definition) is 0. The van der Waals surface area contributed by atoms with Gasteiger partial charge in [-0.15, -0.1) is 0 Å². The Morgan fingerprint density at radius 1 is 1.00 bits per heavy atom. The van der Waals surface area contributed by atoms with E-state index in [0.717, 1.165) is 5.56 Å². The van der Waals surface area contributed by atoms with E-state index in [1.807, 2.05) is 19.0 Å². The number of likely N-dealkylation sites (N-methyl/N-ethyl adjacent to an activating group) is 1. The van der Waals surface area contributed by atoms with Crippen molar-refractivity contribution < 1.29 is 13.6 Å². The summed E-state index contributed by atoms with van der Waals surface area (Å²) in [6.45, 7) is 1.47. The fourth-order valence-electron chi connectivity index (χ4n) is 2.22. The van der Waals surface area contributed by atoms with E-state index >= 15 is 0 Å². The van der Waals surface area contributed by atoms with Crippen LogP contribution in [0.25, 0.3) is 0 Å². The third kappa shape index (κ3) is 5.11. The van der Waals surface area contributed by atoms with Crippen molar-refractivity contribution in [2.75, 3.05) is 27.2 Å². The van der Waals surface area contributed by atoms with Crippen LogP contribution >= 0.6 is 15.9 Å². The Bertz CT molecular complexity index is 705. The quantitative estimate of drug-likeness (QED) is 0.738. The second-order valence-electron chi connectivity index (χ2n) is 5.78. The van der Waals surface area contributed by atoms with Gasteiger partial charge in [0.2, 0.25) is 0 Å².